The quantitative estimate of drug-likeness (QED) is 0.303. The Morgan fingerprint density at radius 2 is 1.26 bits per heavy atom. The molecule has 0 amide bonds. The number of halogens is 1. The first kappa shape index (κ1) is 23.9. The fourth-order valence-electron chi connectivity index (χ4n) is 4.34. The summed E-state index contributed by atoms with van der Waals surface area (Å²) in [5.74, 6) is 0. The van der Waals surface area contributed by atoms with E-state index in [9.17, 15) is 9.59 Å². The minimum Gasteiger partial charge on any atom is -0.268 e. The number of hydrogen-bond acceptors (Lipinski definition) is 7. The smallest absolute Gasteiger partial charge is 0.268 e. The van der Waals surface area contributed by atoms with Gasteiger partial charge >= 0.3 is 0 Å². The first-order valence-corrected chi connectivity index (χ1v) is 13.0. The molecule has 35 heavy (non-hydrogen) atoms. The maximum absolute atomic E-state index is 13.2. The Morgan fingerprint density at radius 1 is 0.800 bits per heavy atom. The van der Waals surface area contributed by atoms with Crippen molar-refractivity contribution in [3.8, 4) is 0 Å². The highest BCUT2D eigenvalue weighted by Gasteiger charge is 2.18. The van der Waals surface area contributed by atoms with Crippen molar-refractivity contribution in [3.05, 3.63) is 90.2 Å². The Labute approximate surface area is 215 Å². The number of nitrogens with zero attached hydrogens (tertiary/aromatic N) is 5. The van der Waals surface area contributed by atoms with Crippen LogP contribution in [0.3, 0.4) is 0 Å². The van der Waals surface area contributed by atoms with Crippen LogP contribution < -0.4 is 11.1 Å². The SMILES string of the molecule is Cc1cc(C)c2c(=O)n(CN(Cc3ccc(Cl)cc3)Cn3sc4nc(C)cc(C)c4c3=O)sc2n1. The zero-order valence-electron chi connectivity index (χ0n) is 19.8. The molecule has 0 aliphatic heterocycles. The standard InChI is InChI=1S/C25H24ClN5O2S2/c1-14-9-16(3)27-22-20(14)24(32)30(34-22)12-29(11-18-5-7-19(26)8-6-18)13-31-25(33)21-15(2)10-17(4)28-23(21)35-31/h5-10H,11-13H2,1-4H3. The second kappa shape index (κ2) is 9.31. The predicted octanol–water partition coefficient (Wildman–Crippen LogP) is 5.23. The molecular formula is C25H24ClN5O2S2. The Bertz CT molecular complexity index is 1580. The summed E-state index contributed by atoms with van der Waals surface area (Å²) in [6, 6.07) is 11.5. The molecule has 0 fully saturated rings. The van der Waals surface area contributed by atoms with E-state index >= 15 is 0 Å². The number of hydrogen-bond donors (Lipinski definition) is 0. The van der Waals surface area contributed by atoms with Gasteiger partial charge in [0.05, 0.1) is 24.1 Å². The Hall–Kier alpha value is -2.85. The predicted molar refractivity (Wildman–Crippen MR) is 144 cm³/mol. The van der Waals surface area contributed by atoms with Crippen molar-refractivity contribution in [1.29, 1.82) is 0 Å². The van der Waals surface area contributed by atoms with Gasteiger partial charge < -0.3 is 0 Å². The highest BCUT2D eigenvalue weighted by atomic mass is 35.5. The van der Waals surface area contributed by atoms with E-state index in [1.54, 1.807) is 7.91 Å². The molecule has 5 aromatic rings. The molecule has 0 atom stereocenters. The summed E-state index contributed by atoms with van der Waals surface area (Å²) in [6.45, 7) is 8.93. The van der Waals surface area contributed by atoms with Crippen LogP contribution >= 0.6 is 34.7 Å². The minimum atomic E-state index is -0.0621. The van der Waals surface area contributed by atoms with Gasteiger partial charge in [0.25, 0.3) is 11.1 Å². The highest BCUT2D eigenvalue weighted by Crippen LogP contribution is 2.22. The van der Waals surface area contributed by atoms with E-state index in [0.29, 0.717) is 35.7 Å². The number of fused-ring (bicyclic) bond motifs is 2. The van der Waals surface area contributed by atoms with E-state index in [0.717, 1.165) is 37.7 Å². The van der Waals surface area contributed by atoms with Crippen LogP contribution in [0.2, 0.25) is 5.02 Å². The zero-order chi connectivity index (χ0) is 24.9. The van der Waals surface area contributed by atoms with Crippen molar-refractivity contribution < 1.29 is 0 Å². The maximum atomic E-state index is 13.2. The second-order valence-corrected chi connectivity index (χ2v) is 11.3. The molecule has 0 saturated heterocycles. The van der Waals surface area contributed by atoms with Gasteiger partial charge in [-0.15, -0.1) is 0 Å². The maximum Gasteiger partial charge on any atom is 0.271 e. The molecule has 0 bridgehead atoms. The van der Waals surface area contributed by atoms with Gasteiger partial charge in [-0.1, -0.05) is 23.7 Å². The van der Waals surface area contributed by atoms with Crippen molar-refractivity contribution >= 4 is 55.1 Å². The third kappa shape index (κ3) is 4.69. The highest BCUT2D eigenvalue weighted by molar-refractivity contribution is 7.13. The van der Waals surface area contributed by atoms with Crippen LogP contribution in [0.25, 0.3) is 20.4 Å². The normalized spacial score (nSPS) is 11.8. The molecule has 4 aromatic heterocycles. The lowest BCUT2D eigenvalue weighted by molar-refractivity contribution is 0.171. The molecule has 0 aliphatic rings. The van der Waals surface area contributed by atoms with E-state index < -0.39 is 0 Å². The topological polar surface area (TPSA) is 73.0 Å². The summed E-state index contributed by atoms with van der Waals surface area (Å²) in [5.41, 5.74) is 4.53. The van der Waals surface area contributed by atoms with E-state index in [2.05, 4.69) is 14.9 Å². The van der Waals surface area contributed by atoms with Crippen molar-refractivity contribution in [2.75, 3.05) is 0 Å². The lowest BCUT2D eigenvalue weighted by Crippen LogP contribution is -2.33. The van der Waals surface area contributed by atoms with E-state index in [1.807, 2.05) is 64.1 Å². The van der Waals surface area contributed by atoms with Gasteiger partial charge in [-0.05, 0) is 91.7 Å². The molecule has 4 heterocycles. The molecule has 180 valence electrons. The van der Waals surface area contributed by atoms with E-state index in [1.165, 1.54) is 23.1 Å². The molecule has 0 N–H and O–H groups in total. The molecule has 0 spiro atoms. The van der Waals surface area contributed by atoms with Crippen LogP contribution in [0.1, 0.15) is 28.1 Å². The number of pyridine rings is 2. The van der Waals surface area contributed by atoms with Gasteiger partial charge in [0.15, 0.2) is 0 Å². The molecule has 5 rings (SSSR count). The lowest BCUT2D eigenvalue weighted by Gasteiger charge is -2.22. The van der Waals surface area contributed by atoms with Crippen molar-refractivity contribution in [2.24, 2.45) is 0 Å². The summed E-state index contributed by atoms with van der Waals surface area (Å²) in [4.78, 5) is 39.2. The van der Waals surface area contributed by atoms with Gasteiger partial charge in [-0.3, -0.25) is 14.5 Å². The average Bonchev–Trinajstić information content (AvgIpc) is 3.25. The molecule has 0 radical (unpaired) electrons. The summed E-state index contributed by atoms with van der Waals surface area (Å²) in [5, 5.41) is 1.97. The van der Waals surface area contributed by atoms with Crippen molar-refractivity contribution in [3.63, 3.8) is 0 Å². The van der Waals surface area contributed by atoms with Crippen LogP contribution in [0.15, 0.2) is 46.0 Å². The third-order valence-electron chi connectivity index (χ3n) is 5.87. The monoisotopic (exact) mass is 525 g/mol. The number of benzene rings is 1. The molecular weight excluding hydrogens is 502 g/mol. The summed E-state index contributed by atoms with van der Waals surface area (Å²) < 4.78 is 3.43. The van der Waals surface area contributed by atoms with Crippen molar-refractivity contribution in [2.45, 2.75) is 47.6 Å². The van der Waals surface area contributed by atoms with Crippen LogP contribution in [-0.4, -0.2) is 22.8 Å². The molecule has 7 nitrogen and oxygen atoms in total. The Morgan fingerprint density at radius 3 is 1.71 bits per heavy atom. The van der Waals surface area contributed by atoms with Gasteiger partial charge in [-0.25, -0.2) is 17.9 Å². The molecule has 0 unspecified atom stereocenters. The Balaban J connectivity index is 1.55. The number of rotatable bonds is 6. The first-order valence-electron chi connectivity index (χ1n) is 11.1. The zero-order valence-corrected chi connectivity index (χ0v) is 22.2. The van der Waals surface area contributed by atoms with Crippen LogP contribution in [0, 0.1) is 27.7 Å². The van der Waals surface area contributed by atoms with Gasteiger partial charge in [0.2, 0.25) is 0 Å². The molecule has 0 aliphatic carbocycles. The third-order valence-corrected chi connectivity index (χ3v) is 8.07. The number of aromatic nitrogens is 4. The van der Waals surface area contributed by atoms with Crippen LogP contribution in [0.5, 0.6) is 0 Å². The fraction of sp³-hybridized carbons (Fsp3) is 0.280. The van der Waals surface area contributed by atoms with Gasteiger partial charge in [0.1, 0.15) is 9.66 Å². The van der Waals surface area contributed by atoms with Crippen molar-refractivity contribution in [1.82, 2.24) is 22.8 Å². The summed E-state index contributed by atoms with van der Waals surface area (Å²) in [6.07, 6.45) is 0. The molecule has 0 saturated carbocycles. The van der Waals surface area contributed by atoms with E-state index in [-0.39, 0.29) is 11.1 Å². The second-order valence-electron chi connectivity index (χ2n) is 8.81. The van der Waals surface area contributed by atoms with Gasteiger partial charge in [0, 0.05) is 23.0 Å². The lowest BCUT2D eigenvalue weighted by atomic mass is 10.2. The summed E-state index contributed by atoms with van der Waals surface area (Å²) in [7, 11) is 0. The fourth-order valence-corrected chi connectivity index (χ4v) is 6.72. The summed E-state index contributed by atoms with van der Waals surface area (Å²) >= 11 is 8.78. The van der Waals surface area contributed by atoms with Gasteiger partial charge in [-0.2, -0.15) is 0 Å². The largest absolute Gasteiger partial charge is 0.271 e. The Kier molecular flexibility index (Phi) is 6.35. The average molecular weight is 526 g/mol. The van der Waals surface area contributed by atoms with E-state index in [4.69, 9.17) is 11.6 Å². The minimum absolute atomic E-state index is 0.0621. The molecule has 1 aromatic carbocycles. The first-order chi connectivity index (χ1) is 16.7. The molecule has 10 heteroatoms. The van der Waals surface area contributed by atoms with Crippen LogP contribution in [0.4, 0.5) is 0 Å². The number of aryl methyl sites for hydroxylation is 4. The van der Waals surface area contributed by atoms with Crippen LogP contribution in [-0.2, 0) is 19.9 Å².